The first-order valence-electron chi connectivity index (χ1n) is 11.5. The van der Waals surface area contributed by atoms with Crippen molar-refractivity contribution in [2.24, 2.45) is 11.8 Å². The number of hydrogen-bond acceptors (Lipinski definition) is 7. The zero-order chi connectivity index (χ0) is 22.4. The highest BCUT2D eigenvalue weighted by Crippen LogP contribution is 2.27. The number of amides is 2. The maximum atomic E-state index is 13.3. The first-order chi connectivity index (χ1) is 14.8. The molecule has 9 heteroatoms. The van der Waals surface area contributed by atoms with Gasteiger partial charge in [-0.1, -0.05) is 51.3 Å². The second kappa shape index (κ2) is 11.1. The lowest BCUT2D eigenvalue weighted by Gasteiger charge is -2.35. The number of thioether (sulfide) groups is 1. The Hall–Kier alpha value is -1.90. The van der Waals surface area contributed by atoms with E-state index in [9.17, 15) is 14.4 Å². The van der Waals surface area contributed by atoms with Crippen LogP contribution in [0.2, 0.25) is 0 Å². The zero-order valence-corrected chi connectivity index (χ0v) is 19.6. The van der Waals surface area contributed by atoms with Gasteiger partial charge in [0.15, 0.2) is 0 Å². The summed E-state index contributed by atoms with van der Waals surface area (Å²) in [5.41, 5.74) is 0. The van der Waals surface area contributed by atoms with Crippen LogP contribution in [-0.2, 0) is 9.59 Å². The van der Waals surface area contributed by atoms with Crippen LogP contribution < -0.4 is 5.32 Å². The molecule has 1 unspecified atom stereocenters. The number of hydrogen-bond donors (Lipinski definition) is 1. The quantitative estimate of drug-likeness (QED) is 0.385. The van der Waals surface area contributed by atoms with Gasteiger partial charge in [-0.05, 0) is 31.6 Å². The molecule has 2 aliphatic rings. The van der Waals surface area contributed by atoms with E-state index in [4.69, 9.17) is 4.42 Å². The maximum absolute atomic E-state index is 13.3. The predicted octanol–water partition coefficient (Wildman–Crippen LogP) is 3.47. The Balaban J connectivity index is 1.75. The molecular weight excluding hydrogens is 416 g/mol. The molecule has 172 valence electrons. The Morgan fingerprint density at radius 3 is 2.26 bits per heavy atom. The van der Waals surface area contributed by atoms with Crippen LogP contribution in [-0.4, -0.2) is 57.1 Å². The zero-order valence-electron chi connectivity index (χ0n) is 18.8. The van der Waals surface area contributed by atoms with Crippen molar-refractivity contribution in [1.82, 2.24) is 20.4 Å². The van der Waals surface area contributed by atoms with Crippen molar-refractivity contribution in [1.29, 1.82) is 0 Å². The third-order valence-corrected chi connectivity index (χ3v) is 7.05. The number of Topliss-reactive ketones (excluding diaryl/α,β-unsaturated/α-hetero) is 1. The van der Waals surface area contributed by atoms with Crippen LogP contribution >= 0.6 is 11.8 Å². The molecule has 1 saturated carbocycles. The molecule has 2 amide bonds. The Morgan fingerprint density at radius 1 is 1.03 bits per heavy atom. The summed E-state index contributed by atoms with van der Waals surface area (Å²) in [5, 5.41) is 11.6. The number of piperidine rings is 1. The highest BCUT2D eigenvalue weighted by atomic mass is 32.2. The minimum Gasteiger partial charge on any atom is -0.408 e. The van der Waals surface area contributed by atoms with E-state index in [1.54, 1.807) is 11.8 Å². The lowest BCUT2D eigenvalue weighted by atomic mass is 9.86. The fourth-order valence-corrected chi connectivity index (χ4v) is 5.07. The van der Waals surface area contributed by atoms with Crippen LogP contribution in [0.3, 0.4) is 0 Å². The third kappa shape index (κ3) is 6.54. The average Bonchev–Trinajstić information content (AvgIpc) is 3.02. The fourth-order valence-electron chi connectivity index (χ4n) is 4.45. The normalized spacial score (nSPS) is 19.8. The number of carbonyl (C=O) groups is 3. The van der Waals surface area contributed by atoms with Gasteiger partial charge < -0.3 is 14.6 Å². The molecule has 1 aliphatic carbocycles. The van der Waals surface area contributed by atoms with Crippen molar-refractivity contribution in [2.75, 3.05) is 13.1 Å². The molecule has 1 aliphatic heterocycles. The van der Waals surface area contributed by atoms with Crippen molar-refractivity contribution in [3.63, 3.8) is 0 Å². The Morgan fingerprint density at radius 2 is 1.68 bits per heavy atom. The first-order valence-corrected chi connectivity index (χ1v) is 12.3. The van der Waals surface area contributed by atoms with E-state index in [-0.39, 0.29) is 40.6 Å². The average molecular weight is 451 g/mol. The SMILES string of the molecule is CC(=O)N1CCC(C(NC(=O)C2CCCCCC2)C(=O)c2nnc(SC(C)C)o2)CC1. The summed E-state index contributed by atoms with van der Waals surface area (Å²) < 4.78 is 5.61. The summed E-state index contributed by atoms with van der Waals surface area (Å²) in [4.78, 5) is 39.9. The van der Waals surface area contributed by atoms with Crippen molar-refractivity contribution < 1.29 is 18.8 Å². The summed E-state index contributed by atoms with van der Waals surface area (Å²) in [6.45, 7) is 6.75. The van der Waals surface area contributed by atoms with Gasteiger partial charge in [-0.2, -0.15) is 0 Å². The molecule has 0 aromatic carbocycles. The Kier molecular flexibility index (Phi) is 8.51. The highest BCUT2D eigenvalue weighted by Gasteiger charge is 2.37. The van der Waals surface area contributed by atoms with Crippen LogP contribution in [0.15, 0.2) is 9.64 Å². The minimum absolute atomic E-state index is 0.0380. The number of likely N-dealkylation sites (tertiary alicyclic amines) is 1. The van der Waals surface area contributed by atoms with Crippen molar-refractivity contribution >= 4 is 29.4 Å². The number of ketones is 1. The second-order valence-corrected chi connectivity index (χ2v) is 10.4. The number of carbonyl (C=O) groups excluding carboxylic acids is 3. The van der Waals surface area contributed by atoms with Gasteiger partial charge in [0.1, 0.15) is 6.04 Å². The summed E-state index contributed by atoms with van der Waals surface area (Å²) in [6.07, 6.45) is 7.46. The van der Waals surface area contributed by atoms with Gasteiger partial charge in [0, 0.05) is 31.2 Å². The largest absolute Gasteiger partial charge is 0.408 e. The van der Waals surface area contributed by atoms with E-state index >= 15 is 0 Å². The third-order valence-electron chi connectivity index (χ3n) is 6.22. The molecule has 1 aromatic rings. The van der Waals surface area contributed by atoms with E-state index in [1.165, 1.54) is 11.8 Å². The van der Waals surface area contributed by atoms with Crippen molar-refractivity contribution in [2.45, 2.75) is 88.7 Å². The van der Waals surface area contributed by atoms with Crippen LogP contribution in [0.5, 0.6) is 0 Å². The Labute approximate surface area is 188 Å². The fraction of sp³-hybridized carbons (Fsp3) is 0.773. The Bertz CT molecular complexity index is 765. The smallest absolute Gasteiger partial charge is 0.286 e. The standard InChI is InChI=1S/C22H34N4O4S/c1-14(2)31-22-25-24-21(30-22)19(28)18(16-10-12-26(13-11-16)15(3)27)23-20(29)17-8-6-4-5-7-9-17/h14,16-18H,4-13H2,1-3H3,(H,23,29). The molecule has 8 nitrogen and oxygen atoms in total. The van der Waals surface area contributed by atoms with Crippen molar-refractivity contribution in [3.8, 4) is 0 Å². The van der Waals surface area contributed by atoms with Gasteiger partial charge in [-0.3, -0.25) is 14.4 Å². The number of nitrogens with one attached hydrogen (secondary N) is 1. The number of rotatable bonds is 7. The molecule has 2 fully saturated rings. The molecule has 1 saturated heterocycles. The van der Waals surface area contributed by atoms with E-state index < -0.39 is 6.04 Å². The van der Waals surface area contributed by atoms with E-state index in [0.29, 0.717) is 31.2 Å². The van der Waals surface area contributed by atoms with Gasteiger partial charge in [-0.15, -0.1) is 10.2 Å². The topological polar surface area (TPSA) is 105 Å². The van der Waals surface area contributed by atoms with E-state index in [0.717, 1.165) is 38.5 Å². The van der Waals surface area contributed by atoms with Gasteiger partial charge in [0.05, 0.1) is 0 Å². The molecule has 0 spiro atoms. The molecule has 3 rings (SSSR count). The number of nitrogens with zero attached hydrogens (tertiary/aromatic N) is 3. The first kappa shape index (κ1) is 23.8. The lowest BCUT2D eigenvalue weighted by molar-refractivity contribution is -0.131. The monoisotopic (exact) mass is 450 g/mol. The van der Waals surface area contributed by atoms with Crippen molar-refractivity contribution in [3.05, 3.63) is 5.89 Å². The van der Waals surface area contributed by atoms with Gasteiger partial charge in [0.25, 0.3) is 11.1 Å². The number of aromatic nitrogens is 2. The highest BCUT2D eigenvalue weighted by molar-refractivity contribution is 7.99. The maximum Gasteiger partial charge on any atom is 0.286 e. The van der Waals surface area contributed by atoms with E-state index in [1.807, 2.05) is 13.8 Å². The summed E-state index contributed by atoms with van der Waals surface area (Å²) in [6, 6.07) is -0.706. The van der Waals surface area contributed by atoms with Gasteiger partial charge >= 0.3 is 0 Å². The summed E-state index contributed by atoms with van der Waals surface area (Å²) in [7, 11) is 0. The molecule has 0 radical (unpaired) electrons. The van der Waals surface area contributed by atoms with E-state index in [2.05, 4.69) is 15.5 Å². The molecule has 31 heavy (non-hydrogen) atoms. The molecule has 1 atom stereocenters. The second-order valence-electron chi connectivity index (χ2n) is 8.92. The van der Waals surface area contributed by atoms with Crippen LogP contribution in [0.1, 0.15) is 82.8 Å². The minimum atomic E-state index is -0.706. The molecule has 2 heterocycles. The molecule has 0 bridgehead atoms. The van der Waals surface area contributed by atoms with Crippen LogP contribution in [0, 0.1) is 11.8 Å². The lowest BCUT2D eigenvalue weighted by Crippen LogP contribution is -2.51. The van der Waals surface area contributed by atoms with Crippen LogP contribution in [0.4, 0.5) is 0 Å². The molecular formula is C22H34N4O4S. The van der Waals surface area contributed by atoms with Gasteiger partial charge in [0.2, 0.25) is 17.6 Å². The predicted molar refractivity (Wildman–Crippen MR) is 118 cm³/mol. The summed E-state index contributed by atoms with van der Waals surface area (Å²) in [5.74, 6) is -0.507. The molecule has 1 aromatic heterocycles. The van der Waals surface area contributed by atoms with Gasteiger partial charge in [-0.25, -0.2) is 0 Å². The van der Waals surface area contributed by atoms with Crippen LogP contribution in [0.25, 0.3) is 0 Å². The summed E-state index contributed by atoms with van der Waals surface area (Å²) >= 11 is 1.40. The molecule has 1 N–H and O–H groups in total.